The van der Waals surface area contributed by atoms with Crippen LogP contribution in [-0.2, 0) is 19.5 Å². The second kappa shape index (κ2) is 9.51. The average Bonchev–Trinajstić information content (AvgIpc) is 2.78. The van der Waals surface area contributed by atoms with E-state index in [1.807, 2.05) is 0 Å². The highest BCUT2D eigenvalue weighted by Crippen LogP contribution is 2.40. The van der Waals surface area contributed by atoms with Crippen LogP contribution in [0.2, 0.25) is 0 Å². The Hall–Kier alpha value is -2.10. The molecule has 2 fully saturated rings. The van der Waals surface area contributed by atoms with E-state index in [0.717, 1.165) is 28.6 Å². The third-order valence-corrected chi connectivity index (χ3v) is 7.64. The Labute approximate surface area is 191 Å². The first-order valence-corrected chi connectivity index (χ1v) is 11.6. The van der Waals surface area contributed by atoms with Crippen molar-refractivity contribution in [1.29, 1.82) is 0 Å². The molecule has 2 unspecified atom stereocenters. The number of carbonyl (C=O) groups is 1. The first kappa shape index (κ1) is 26.5. The predicted octanol–water partition coefficient (Wildman–Crippen LogP) is 2.38. The van der Waals surface area contributed by atoms with Crippen molar-refractivity contribution in [2.24, 2.45) is 0 Å². The van der Waals surface area contributed by atoms with Gasteiger partial charge >= 0.3 is 18.1 Å². The molecule has 2 saturated heterocycles. The van der Waals surface area contributed by atoms with E-state index in [-0.39, 0.29) is 50.5 Å². The molecular formula is C19H22F6N2O6S. The molecule has 0 bridgehead atoms. The van der Waals surface area contributed by atoms with Gasteiger partial charge in [-0.1, -0.05) is 0 Å². The summed E-state index contributed by atoms with van der Waals surface area (Å²) in [5.41, 5.74) is -1.08. The molecule has 0 saturated carbocycles. The number of hydrogen-bond donors (Lipinski definition) is 1. The fourth-order valence-corrected chi connectivity index (χ4v) is 5.28. The fourth-order valence-electron chi connectivity index (χ4n) is 3.78. The Morgan fingerprint density at radius 1 is 1.15 bits per heavy atom. The lowest BCUT2D eigenvalue weighted by Gasteiger charge is -2.46. The van der Waals surface area contributed by atoms with Gasteiger partial charge in [0.2, 0.25) is 16.2 Å². The number of alkyl halides is 5. The molecule has 1 N–H and O–H groups in total. The first-order chi connectivity index (χ1) is 15.7. The van der Waals surface area contributed by atoms with Crippen LogP contribution in [0.25, 0.3) is 0 Å². The van der Waals surface area contributed by atoms with E-state index in [1.165, 1.54) is 0 Å². The Morgan fingerprint density at radius 2 is 1.74 bits per heavy atom. The molecule has 0 aliphatic carbocycles. The van der Waals surface area contributed by atoms with Crippen LogP contribution < -0.4 is 0 Å². The zero-order chi connectivity index (χ0) is 25.4. The maximum Gasteiger partial charge on any atom is 0.463 e. The normalized spacial score (nSPS) is 22.3. The molecule has 3 rings (SSSR count). The number of sulfonamides is 1. The maximum atomic E-state index is 14.2. The van der Waals surface area contributed by atoms with Gasteiger partial charge in [0.05, 0.1) is 23.7 Å². The van der Waals surface area contributed by atoms with Gasteiger partial charge in [-0.05, 0) is 37.1 Å². The minimum absolute atomic E-state index is 0.00220. The van der Waals surface area contributed by atoms with Crippen molar-refractivity contribution in [1.82, 2.24) is 9.21 Å². The number of ether oxygens (including phenoxy) is 2. The number of aliphatic hydroxyl groups excluding tert-OH is 1. The summed E-state index contributed by atoms with van der Waals surface area (Å²) in [5, 5.41) is 8.60. The summed E-state index contributed by atoms with van der Waals surface area (Å²) in [7, 11) is -4.00. The smallest absolute Gasteiger partial charge is 0.400 e. The highest BCUT2D eigenvalue weighted by molar-refractivity contribution is 7.89. The summed E-state index contributed by atoms with van der Waals surface area (Å²) < 4.78 is 116. The third kappa shape index (κ3) is 5.11. The van der Waals surface area contributed by atoms with Crippen molar-refractivity contribution in [3.63, 3.8) is 0 Å². The van der Waals surface area contributed by atoms with Crippen LogP contribution in [0.15, 0.2) is 29.2 Å². The van der Waals surface area contributed by atoms with E-state index in [4.69, 9.17) is 9.84 Å². The number of halogens is 6. The summed E-state index contributed by atoms with van der Waals surface area (Å²) >= 11 is 0. The predicted molar refractivity (Wildman–Crippen MR) is 103 cm³/mol. The monoisotopic (exact) mass is 520 g/mol. The largest absolute Gasteiger partial charge is 0.463 e. The van der Waals surface area contributed by atoms with Gasteiger partial charge in [-0.15, -0.1) is 0 Å². The first-order valence-electron chi connectivity index (χ1n) is 10.1. The van der Waals surface area contributed by atoms with Crippen molar-refractivity contribution >= 4 is 16.1 Å². The molecule has 2 heterocycles. The molecule has 1 amide bonds. The van der Waals surface area contributed by atoms with Crippen LogP contribution in [0.5, 0.6) is 0 Å². The number of benzene rings is 1. The Bertz CT molecular complexity index is 984. The lowest BCUT2D eigenvalue weighted by Crippen LogP contribution is -2.60. The molecule has 2 aliphatic heterocycles. The number of hydrogen-bond acceptors (Lipinski definition) is 6. The summed E-state index contributed by atoms with van der Waals surface area (Å²) in [6.07, 6.45) is -11.3. The lowest BCUT2D eigenvalue weighted by molar-refractivity contribution is -0.337. The molecule has 34 heavy (non-hydrogen) atoms. The van der Waals surface area contributed by atoms with E-state index in [2.05, 4.69) is 4.74 Å². The number of piperidine rings is 1. The molecule has 1 aromatic rings. The summed E-state index contributed by atoms with van der Waals surface area (Å²) in [4.78, 5) is 12.7. The molecule has 192 valence electrons. The molecule has 1 aromatic carbocycles. The van der Waals surface area contributed by atoms with Gasteiger partial charge < -0.3 is 19.5 Å². The number of morpholine rings is 1. The van der Waals surface area contributed by atoms with Crippen LogP contribution >= 0.6 is 0 Å². The van der Waals surface area contributed by atoms with Gasteiger partial charge in [0, 0.05) is 26.2 Å². The summed E-state index contributed by atoms with van der Waals surface area (Å²) in [5.74, 6) is -5.65. The van der Waals surface area contributed by atoms with Crippen molar-refractivity contribution < 1.29 is 54.1 Å². The van der Waals surface area contributed by atoms with Gasteiger partial charge in [0.15, 0.2) is 0 Å². The highest BCUT2D eigenvalue weighted by Gasteiger charge is 2.66. The van der Waals surface area contributed by atoms with E-state index >= 15 is 0 Å². The van der Waals surface area contributed by atoms with E-state index in [1.54, 1.807) is 0 Å². The summed E-state index contributed by atoms with van der Waals surface area (Å²) in [6, 6.07) is 4.22. The number of carbonyl (C=O) groups excluding carboxylic acids is 1. The van der Waals surface area contributed by atoms with Gasteiger partial charge in [-0.3, -0.25) is 0 Å². The maximum absolute atomic E-state index is 14.2. The number of amides is 1. The zero-order valence-electron chi connectivity index (χ0n) is 17.6. The fraction of sp³-hybridized carbons (Fsp3) is 0.632. The lowest BCUT2D eigenvalue weighted by atomic mass is 9.90. The van der Waals surface area contributed by atoms with Crippen molar-refractivity contribution in [2.75, 3.05) is 39.4 Å². The van der Waals surface area contributed by atoms with Crippen molar-refractivity contribution in [3.05, 3.63) is 30.1 Å². The Kier molecular flexibility index (Phi) is 7.41. The molecule has 0 radical (unpaired) electrons. The van der Waals surface area contributed by atoms with Crippen LogP contribution in [-0.4, -0.2) is 92.0 Å². The Balaban J connectivity index is 1.67. The van der Waals surface area contributed by atoms with Crippen LogP contribution in [0, 0.1) is 5.82 Å². The molecule has 8 nitrogen and oxygen atoms in total. The van der Waals surface area contributed by atoms with Gasteiger partial charge in [-0.25, -0.2) is 22.0 Å². The van der Waals surface area contributed by atoms with Gasteiger partial charge in [0.25, 0.3) is 0 Å². The topological polar surface area (TPSA) is 96.4 Å². The molecule has 1 spiro atoms. The summed E-state index contributed by atoms with van der Waals surface area (Å²) in [6.45, 7) is -2.57. The molecular weight excluding hydrogens is 498 g/mol. The third-order valence-electron chi connectivity index (χ3n) is 5.78. The van der Waals surface area contributed by atoms with Crippen LogP contribution in [0.3, 0.4) is 0 Å². The number of nitrogens with zero attached hydrogens (tertiary/aromatic N) is 2. The van der Waals surface area contributed by atoms with Gasteiger partial charge in [0.1, 0.15) is 5.82 Å². The standard InChI is InChI=1S/C19H22F6N2O6S/c20-13-1-3-14(4-2-13)34(30,31)27-9-10-32-17(12-27)5-7-26(8-6-17)16(29)33-18(22,15(21)11-28)19(23,24)25/h1-4,15,28H,5-12H2. The minimum Gasteiger partial charge on any atom is -0.400 e. The molecule has 0 aromatic heterocycles. The average molecular weight is 520 g/mol. The van der Waals surface area contributed by atoms with E-state index in [0.29, 0.717) is 4.90 Å². The SMILES string of the molecule is O=C(OC(F)(C(F)CO)C(F)(F)F)N1CCC2(CC1)CN(S(=O)(=O)c1ccc(F)cc1)CCO2. The highest BCUT2D eigenvalue weighted by atomic mass is 32.2. The molecule has 2 atom stereocenters. The minimum atomic E-state index is -5.93. The van der Waals surface area contributed by atoms with E-state index < -0.39 is 52.3 Å². The zero-order valence-corrected chi connectivity index (χ0v) is 18.4. The van der Waals surface area contributed by atoms with Crippen molar-refractivity contribution in [2.45, 2.75) is 41.5 Å². The number of likely N-dealkylation sites (tertiary alicyclic amines) is 1. The van der Waals surface area contributed by atoms with Crippen molar-refractivity contribution in [3.8, 4) is 0 Å². The second-order valence-corrected chi connectivity index (χ2v) is 9.91. The Morgan fingerprint density at radius 3 is 2.26 bits per heavy atom. The second-order valence-electron chi connectivity index (χ2n) is 7.97. The number of rotatable bonds is 5. The molecule has 2 aliphatic rings. The quantitative estimate of drug-likeness (QED) is 0.599. The van der Waals surface area contributed by atoms with Crippen LogP contribution in [0.4, 0.5) is 31.1 Å². The van der Waals surface area contributed by atoms with Gasteiger partial charge in [-0.2, -0.15) is 21.9 Å². The number of aliphatic hydroxyl groups is 1. The van der Waals surface area contributed by atoms with E-state index in [9.17, 15) is 39.6 Å². The van der Waals surface area contributed by atoms with Crippen LogP contribution in [0.1, 0.15) is 12.8 Å². The molecule has 15 heteroatoms.